The summed E-state index contributed by atoms with van der Waals surface area (Å²) in [5.74, 6) is 0.253. The third-order valence-electron chi connectivity index (χ3n) is 5.12. The van der Waals surface area contributed by atoms with Gasteiger partial charge in [-0.3, -0.25) is 4.79 Å². The summed E-state index contributed by atoms with van der Waals surface area (Å²) < 4.78 is 27.9. The molecule has 2 aromatic heterocycles. The van der Waals surface area contributed by atoms with E-state index in [1.54, 1.807) is 24.3 Å². The van der Waals surface area contributed by atoms with E-state index in [0.717, 1.165) is 11.1 Å². The fourth-order valence-electron chi connectivity index (χ4n) is 3.50. The first-order valence-corrected chi connectivity index (χ1v) is 9.61. The molecular weight excluding hydrogens is 376 g/mol. The Bertz CT molecular complexity index is 1100. The summed E-state index contributed by atoms with van der Waals surface area (Å²) in [4.78, 5) is 22.2. The zero-order chi connectivity index (χ0) is 20.8. The Morgan fingerprint density at radius 1 is 1.10 bits per heavy atom. The molecule has 3 heterocycles. The van der Waals surface area contributed by atoms with E-state index in [9.17, 15) is 13.6 Å². The van der Waals surface area contributed by atoms with E-state index in [2.05, 4.69) is 35.8 Å². The topological polar surface area (TPSA) is 63.9 Å². The Balaban J connectivity index is 1.55. The zero-order valence-electron chi connectivity index (χ0n) is 16.6. The van der Waals surface area contributed by atoms with Gasteiger partial charge in [-0.25, -0.2) is 23.4 Å². The number of benzene rings is 1. The fraction of sp³-hybridized carbons (Fsp3) is 0.429. The van der Waals surface area contributed by atoms with Crippen LogP contribution >= 0.6 is 0 Å². The van der Waals surface area contributed by atoms with Crippen LogP contribution in [0.2, 0.25) is 0 Å². The summed E-state index contributed by atoms with van der Waals surface area (Å²) >= 11 is 0. The van der Waals surface area contributed by atoms with Crippen molar-refractivity contribution in [2.75, 3.05) is 18.0 Å². The summed E-state index contributed by atoms with van der Waals surface area (Å²) in [6, 6.07) is 10.5. The minimum atomic E-state index is -2.72. The van der Waals surface area contributed by atoms with E-state index in [1.165, 1.54) is 4.68 Å². The molecular formula is C21H23F2N5O. The average molecular weight is 399 g/mol. The maximum atomic E-state index is 13.2. The van der Waals surface area contributed by atoms with Crippen LogP contribution in [0.1, 0.15) is 38.7 Å². The van der Waals surface area contributed by atoms with Crippen LogP contribution in [0.15, 0.2) is 41.2 Å². The van der Waals surface area contributed by atoms with Crippen LogP contribution in [0.4, 0.5) is 14.6 Å². The molecule has 1 fully saturated rings. The van der Waals surface area contributed by atoms with Crippen LogP contribution in [0, 0.1) is 5.92 Å². The van der Waals surface area contributed by atoms with E-state index in [1.807, 2.05) is 17.0 Å². The van der Waals surface area contributed by atoms with Crippen LogP contribution in [-0.2, 0) is 12.0 Å². The van der Waals surface area contributed by atoms with Crippen molar-refractivity contribution in [3.8, 4) is 0 Å². The Morgan fingerprint density at radius 2 is 1.83 bits per heavy atom. The first-order chi connectivity index (χ1) is 13.7. The fourth-order valence-corrected chi connectivity index (χ4v) is 3.50. The molecule has 1 aliphatic heterocycles. The van der Waals surface area contributed by atoms with Crippen LogP contribution in [0.3, 0.4) is 0 Å². The minimum Gasteiger partial charge on any atom is -0.355 e. The highest BCUT2D eigenvalue weighted by atomic mass is 19.3. The van der Waals surface area contributed by atoms with Gasteiger partial charge >= 0.3 is 0 Å². The number of anilines is 1. The molecule has 0 aliphatic carbocycles. The van der Waals surface area contributed by atoms with Crippen LogP contribution in [-0.4, -0.2) is 32.8 Å². The van der Waals surface area contributed by atoms with Crippen molar-refractivity contribution in [2.24, 2.45) is 5.92 Å². The van der Waals surface area contributed by atoms with Crippen molar-refractivity contribution in [3.05, 3.63) is 58.3 Å². The van der Waals surface area contributed by atoms with Crippen molar-refractivity contribution in [3.63, 3.8) is 0 Å². The molecule has 1 aliphatic rings. The van der Waals surface area contributed by atoms with Crippen molar-refractivity contribution in [1.82, 2.24) is 19.7 Å². The Kier molecular flexibility index (Phi) is 4.80. The summed E-state index contributed by atoms with van der Waals surface area (Å²) in [5.41, 5.74) is 1.08. The molecule has 1 saturated heterocycles. The lowest BCUT2D eigenvalue weighted by atomic mass is 9.92. The van der Waals surface area contributed by atoms with Gasteiger partial charge in [-0.1, -0.05) is 32.9 Å². The molecule has 0 bridgehead atoms. The smallest absolute Gasteiger partial charge is 0.297 e. The number of halogens is 2. The number of fused-ring (bicyclic) bond motifs is 1. The quantitative estimate of drug-likeness (QED) is 0.671. The van der Waals surface area contributed by atoms with Crippen molar-refractivity contribution >= 4 is 16.7 Å². The molecule has 4 rings (SSSR count). The molecule has 1 aromatic carbocycles. The second-order valence-electron chi connectivity index (χ2n) is 8.48. The zero-order valence-corrected chi connectivity index (χ0v) is 16.6. The molecule has 0 saturated carbocycles. The number of aromatic nitrogens is 4. The number of para-hydroxylation sites is 1. The molecule has 29 heavy (non-hydrogen) atoms. The highest BCUT2D eigenvalue weighted by molar-refractivity contribution is 5.89. The Hall–Kier alpha value is -2.90. The lowest BCUT2D eigenvalue weighted by molar-refractivity contribution is 0.140. The van der Waals surface area contributed by atoms with Gasteiger partial charge in [-0.05, 0) is 18.2 Å². The highest BCUT2D eigenvalue weighted by Crippen LogP contribution is 2.31. The van der Waals surface area contributed by atoms with Crippen molar-refractivity contribution in [1.29, 1.82) is 0 Å². The maximum absolute atomic E-state index is 13.2. The van der Waals surface area contributed by atoms with E-state index >= 15 is 0 Å². The molecule has 0 atom stereocenters. The third-order valence-corrected chi connectivity index (χ3v) is 5.12. The van der Waals surface area contributed by atoms with Gasteiger partial charge in [0, 0.05) is 35.9 Å². The molecule has 3 aromatic rings. The largest absolute Gasteiger partial charge is 0.355 e. The van der Waals surface area contributed by atoms with Gasteiger partial charge in [-0.2, -0.15) is 5.10 Å². The van der Waals surface area contributed by atoms with Gasteiger partial charge in [-0.15, -0.1) is 0 Å². The highest BCUT2D eigenvalue weighted by Gasteiger charge is 2.31. The van der Waals surface area contributed by atoms with Gasteiger partial charge in [0.25, 0.3) is 12.0 Å². The second kappa shape index (κ2) is 7.17. The second-order valence-corrected chi connectivity index (χ2v) is 8.48. The summed E-state index contributed by atoms with van der Waals surface area (Å²) in [6.07, 6.45) is -2.72. The summed E-state index contributed by atoms with van der Waals surface area (Å²) in [7, 11) is 0. The van der Waals surface area contributed by atoms with E-state index in [4.69, 9.17) is 0 Å². The molecule has 0 spiro atoms. The van der Waals surface area contributed by atoms with Gasteiger partial charge in [0.05, 0.1) is 17.8 Å². The molecule has 0 unspecified atom stereocenters. The van der Waals surface area contributed by atoms with Gasteiger partial charge in [0.15, 0.2) is 5.82 Å². The summed E-state index contributed by atoms with van der Waals surface area (Å²) in [5, 5.41) is 5.26. The number of rotatable bonds is 4. The van der Waals surface area contributed by atoms with Crippen molar-refractivity contribution < 1.29 is 8.78 Å². The monoisotopic (exact) mass is 399 g/mol. The number of alkyl halides is 2. The van der Waals surface area contributed by atoms with Crippen LogP contribution < -0.4 is 10.5 Å². The SMILES string of the molecule is CC(C)(C)c1ccc(=O)n(CC2CN(c3nc(C(F)F)nc4ccccc34)C2)n1. The predicted octanol–water partition coefficient (Wildman–Crippen LogP) is 3.56. The molecule has 0 amide bonds. The van der Waals surface area contributed by atoms with E-state index in [0.29, 0.717) is 31.0 Å². The number of hydrogen-bond acceptors (Lipinski definition) is 5. The first kappa shape index (κ1) is 19.4. The first-order valence-electron chi connectivity index (χ1n) is 9.61. The van der Waals surface area contributed by atoms with Gasteiger partial charge in [0.1, 0.15) is 5.82 Å². The molecule has 0 N–H and O–H groups in total. The summed E-state index contributed by atoms with van der Waals surface area (Å²) in [6.45, 7) is 7.89. The van der Waals surface area contributed by atoms with Gasteiger partial charge < -0.3 is 4.90 Å². The predicted molar refractivity (Wildman–Crippen MR) is 107 cm³/mol. The number of hydrogen-bond donors (Lipinski definition) is 0. The standard InChI is InChI=1S/C21H23F2N5O/c1-21(2,3)16-8-9-17(29)28(26-16)12-13-10-27(11-13)20-14-6-4-5-7-15(14)24-19(25-20)18(22)23/h4-9,13,18H,10-12H2,1-3H3. The van der Waals surface area contributed by atoms with Crippen molar-refractivity contribution in [2.45, 2.75) is 39.2 Å². The third kappa shape index (κ3) is 3.83. The lowest BCUT2D eigenvalue weighted by Crippen LogP contribution is -2.50. The molecule has 8 heteroatoms. The molecule has 6 nitrogen and oxygen atoms in total. The van der Waals surface area contributed by atoms with E-state index in [-0.39, 0.29) is 16.9 Å². The molecule has 152 valence electrons. The van der Waals surface area contributed by atoms with Gasteiger partial charge in [0.2, 0.25) is 0 Å². The van der Waals surface area contributed by atoms with Crippen LogP contribution in [0.25, 0.3) is 10.9 Å². The average Bonchev–Trinajstić information content (AvgIpc) is 2.64. The van der Waals surface area contributed by atoms with E-state index < -0.39 is 12.2 Å². The normalized spacial score (nSPS) is 15.2. The Labute approximate surface area is 167 Å². The Morgan fingerprint density at radius 3 is 2.52 bits per heavy atom. The minimum absolute atomic E-state index is 0.135. The maximum Gasteiger partial charge on any atom is 0.297 e. The lowest BCUT2D eigenvalue weighted by Gasteiger charge is -2.40. The molecule has 0 radical (unpaired) electrons. The number of nitrogens with zero attached hydrogens (tertiary/aromatic N) is 5. The van der Waals surface area contributed by atoms with Crippen LogP contribution in [0.5, 0.6) is 0 Å².